The Morgan fingerprint density at radius 1 is 1.23 bits per heavy atom. The van der Waals surface area contributed by atoms with Crippen molar-refractivity contribution < 1.29 is 13.2 Å². The molecule has 1 N–H and O–H groups in total. The number of rotatable bonds is 6. The van der Waals surface area contributed by atoms with Crippen LogP contribution < -0.4 is 5.32 Å². The molecule has 3 aromatic rings. The molecule has 1 aliphatic heterocycles. The lowest BCUT2D eigenvalue weighted by Crippen LogP contribution is -2.27. The van der Waals surface area contributed by atoms with Gasteiger partial charge in [0, 0.05) is 32.3 Å². The van der Waals surface area contributed by atoms with Gasteiger partial charge in [0.25, 0.3) is 0 Å². The van der Waals surface area contributed by atoms with Crippen LogP contribution in [0, 0.1) is 13.8 Å². The van der Waals surface area contributed by atoms with Crippen LogP contribution in [0.3, 0.4) is 0 Å². The Labute approximate surface area is 180 Å². The first-order valence-electron chi connectivity index (χ1n) is 9.95. The number of carbonyl (C=O) groups excluding carboxylic acids is 1. The quantitative estimate of drug-likeness (QED) is 0.626. The van der Waals surface area contributed by atoms with Gasteiger partial charge in [-0.05, 0) is 56.9 Å². The molecule has 30 heavy (non-hydrogen) atoms. The van der Waals surface area contributed by atoms with Crippen molar-refractivity contribution in [3.8, 4) is 0 Å². The minimum absolute atomic E-state index is 0.123. The number of sulfonamides is 1. The number of hydrogen-bond acceptors (Lipinski definition) is 6. The highest BCUT2D eigenvalue weighted by atomic mass is 32.2. The van der Waals surface area contributed by atoms with Crippen molar-refractivity contribution in [1.82, 2.24) is 19.1 Å². The predicted octanol–water partition coefficient (Wildman–Crippen LogP) is 3.00. The Balaban J connectivity index is 1.46. The number of amides is 1. The molecule has 0 saturated carbocycles. The highest BCUT2D eigenvalue weighted by Gasteiger charge is 2.27. The third-order valence-corrected chi connectivity index (χ3v) is 8.40. The largest absolute Gasteiger partial charge is 0.302 e. The lowest BCUT2D eigenvalue weighted by atomic mass is 10.1. The Kier molecular flexibility index (Phi) is 5.65. The molecule has 0 bridgehead atoms. The van der Waals surface area contributed by atoms with Gasteiger partial charge in [-0.2, -0.15) is 9.40 Å². The summed E-state index contributed by atoms with van der Waals surface area (Å²) in [7, 11) is -1.58. The Bertz CT molecular complexity index is 1210. The van der Waals surface area contributed by atoms with Crippen LogP contribution in [0.1, 0.15) is 36.2 Å². The first kappa shape index (κ1) is 21.0. The van der Waals surface area contributed by atoms with E-state index in [0.29, 0.717) is 36.6 Å². The minimum atomic E-state index is -3.47. The summed E-state index contributed by atoms with van der Waals surface area (Å²) >= 11 is 1.29. The van der Waals surface area contributed by atoms with Crippen molar-refractivity contribution in [2.45, 2.75) is 44.4 Å². The number of fused-ring (bicyclic) bond motifs is 1. The molecule has 1 aliphatic rings. The van der Waals surface area contributed by atoms with E-state index in [0.717, 1.165) is 34.5 Å². The monoisotopic (exact) mass is 447 g/mol. The number of carbonyl (C=O) groups is 1. The number of anilines is 1. The average molecular weight is 448 g/mol. The van der Waals surface area contributed by atoms with Crippen LogP contribution >= 0.6 is 11.3 Å². The molecule has 0 unspecified atom stereocenters. The van der Waals surface area contributed by atoms with Gasteiger partial charge in [-0.1, -0.05) is 11.3 Å². The van der Waals surface area contributed by atoms with Gasteiger partial charge in [0.05, 0.1) is 20.8 Å². The SMILES string of the molecule is Cc1nn(C)c(C)c1CCC(=O)Nc1nc2ccc(S(=O)(=O)N3CCCC3)cc2s1. The first-order chi connectivity index (χ1) is 14.3. The minimum Gasteiger partial charge on any atom is -0.302 e. The van der Waals surface area contributed by atoms with Crippen LogP contribution in [0.2, 0.25) is 0 Å². The number of aryl methyl sites for hydroxylation is 2. The van der Waals surface area contributed by atoms with Gasteiger partial charge >= 0.3 is 0 Å². The number of nitrogens with one attached hydrogen (secondary N) is 1. The standard InChI is InChI=1S/C20H25N5O3S2/c1-13-16(14(2)24(3)23-13)7-9-19(26)22-20-21-17-8-6-15(12-18(17)29-20)30(27,28)25-10-4-5-11-25/h6,8,12H,4-5,7,9-11H2,1-3H3,(H,21,22,26). The highest BCUT2D eigenvalue weighted by Crippen LogP contribution is 2.30. The molecule has 3 heterocycles. The second-order valence-electron chi connectivity index (χ2n) is 7.58. The van der Waals surface area contributed by atoms with Crippen molar-refractivity contribution in [2.75, 3.05) is 18.4 Å². The molecule has 4 rings (SSSR count). The third kappa shape index (κ3) is 3.99. The van der Waals surface area contributed by atoms with Crippen LogP contribution in [0.15, 0.2) is 23.1 Å². The highest BCUT2D eigenvalue weighted by molar-refractivity contribution is 7.89. The van der Waals surface area contributed by atoms with Crippen LogP contribution in [-0.4, -0.2) is 46.5 Å². The average Bonchev–Trinajstić information content (AvgIpc) is 3.41. The normalized spacial score (nSPS) is 15.2. The maximum absolute atomic E-state index is 12.8. The van der Waals surface area contributed by atoms with E-state index in [4.69, 9.17) is 0 Å². The van der Waals surface area contributed by atoms with E-state index in [2.05, 4.69) is 15.4 Å². The summed E-state index contributed by atoms with van der Waals surface area (Å²) in [4.78, 5) is 17.1. The van der Waals surface area contributed by atoms with Crippen LogP contribution in [0.25, 0.3) is 10.2 Å². The van der Waals surface area contributed by atoms with Gasteiger partial charge < -0.3 is 5.32 Å². The molecule has 1 saturated heterocycles. The maximum atomic E-state index is 12.8. The number of benzene rings is 1. The zero-order valence-electron chi connectivity index (χ0n) is 17.3. The summed E-state index contributed by atoms with van der Waals surface area (Å²) in [5.41, 5.74) is 3.77. The molecule has 2 aromatic heterocycles. The van der Waals surface area contributed by atoms with Gasteiger partial charge in [-0.3, -0.25) is 9.48 Å². The Morgan fingerprint density at radius 3 is 2.63 bits per heavy atom. The van der Waals surface area contributed by atoms with Crippen molar-refractivity contribution in [3.63, 3.8) is 0 Å². The summed E-state index contributed by atoms with van der Waals surface area (Å²) < 4.78 is 29.6. The zero-order valence-corrected chi connectivity index (χ0v) is 18.9. The molecule has 1 fully saturated rings. The summed E-state index contributed by atoms with van der Waals surface area (Å²) in [6.07, 6.45) is 2.74. The fourth-order valence-electron chi connectivity index (χ4n) is 3.80. The number of nitrogens with zero attached hydrogens (tertiary/aromatic N) is 4. The van der Waals surface area contributed by atoms with Crippen LogP contribution in [0.4, 0.5) is 5.13 Å². The molecule has 1 amide bonds. The number of hydrogen-bond donors (Lipinski definition) is 1. The van der Waals surface area contributed by atoms with Gasteiger partial charge in [-0.15, -0.1) is 0 Å². The lowest BCUT2D eigenvalue weighted by Gasteiger charge is -2.15. The fourth-order valence-corrected chi connectivity index (χ4v) is 6.34. The van der Waals surface area contributed by atoms with Crippen molar-refractivity contribution in [1.29, 1.82) is 0 Å². The first-order valence-corrected chi connectivity index (χ1v) is 12.2. The van der Waals surface area contributed by atoms with E-state index in [1.54, 1.807) is 18.2 Å². The Morgan fingerprint density at radius 2 is 1.97 bits per heavy atom. The molecule has 8 nitrogen and oxygen atoms in total. The molecule has 10 heteroatoms. The van der Waals surface area contributed by atoms with Crippen LogP contribution in [0.5, 0.6) is 0 Å². The van der Waals surface area contributed by atoms with E-state index in [1.807, 2.05) is 25.6 Å². The lowest BCUT2D eigenvalue weighted by molar-refractivity contribution is -0.116. The summed E-state index contributed by atoms with van der Waals surface area (Å²) in [5, 5.41) is 7.70. The van der Waals surface area contributed by atoms with E-state index in [-0.39, 0.29) is 10.8 Å². The molecule has 0 atom stereocenters. The zero-order chi connectivity index (χ0) is 21.5. The smallest absolute Gasteiger partial charge is 0.243 e. The van der Waals surface area contributed by atoms with Crippen molar-refractivity contribution in [3.05, 3.63) is 35.2 Å². The van der Waals surface area contributed by atoms with Gasteiger partial charge in [0.2, 0.25) is 15.9 Å². The number of thiazole rings is 1. The third-order valence-electron chi connectivity index (χ3n) is 5.57. The Hall–Kier alpha value is -2.30. The molecule has 160 valence electrons. The molecule has 0 aliphatic carbocycles. The molecule has 1 aromatic carbocycles. The van der Waals surface area contributed by atoms with Gasteiger partial charge in [0.1, 0.15) is 0 Å². The topological polar surface area (TPSA) is 97.2 Å². The van der Waals surface area contributed by atoms with E-state index >= 15 is 0 Å². The molecule has 0 radical (unpaired) electrons. The second kappa shape index (κ2) is 8.09. The van der Waals surface area contributed by atoms with E-state index in [9.17, 15) is 13.2 Å². The molecular formula is C20H25N5O3S2. The summed E-state index contributed by atoms with van der Waals surface area (Å²) in [6.45, 7) is 5.08. The predicted molar refractivity (Wildman–Crippen MR) is 117 cm³/mol. The van der Waals surface area contributed by atoms with Gasteiger partial charge in [0.15, 0.2) is 5.13 Å². The summed E-state index contributed by atoms with van der Waals surface area (Å²) in [5.74, 6) is -0.123. The van der Waals surface area contributed by atoms with Crippen LogP contribution in [-0.2, 0) is 28.3 Å². The van der Waals surface area contributed by atoms with Gasteiger partial charge in [-0.25, -0.2) is 13.4 Å². The fraction of sp³-hybridized carbons (Fsp3) is 0.450. The molecule has 0 spiro atoms. The summed E-state index contributed by atoms with van der Waals surface area (Å²) in [6, 6.07) is 4.95. The number of aromatic nitrogens is 3. The van der Waals surface area contributed by atoms with E-state index in [1.165, 1.54) is 15.6 Å². The molecular weight excluding hydrogens is 422 g/mol. The second-order valence-corrected chi connectivity index (χ2v) is 10.5. The van der Waals surface area contributed by atoms with E-state index < -0.39 is 10.0 Å². The maximum Gasteiger partial charge on any atom is 0.243 e. The van der Waals surface area contributed by atoms with Crippen molar-refractivity contribution in [2.24, 2.45) is 7.05 Å². The van der Waals surface area contributed by atoms with Crippen molar-refractivity contribution >= 4 is 42.6 Å².